The van der Waals surface area contributed by atoms with E-state index >= 15 is 0 Å². The van der Waals surface area contributed by atoms with E-state index in [1.807, 2.05) is 0 Å². The van der Waals surface area contributed by atoms with Crippen molar-refractivity contribution in [3.05, 3.63) is 16.0 Å². The minimum Gasteiger partial charge on any atom is -0.462 e. The van der Waals surface area contributed by atoms with Crippen molar-refractivity contribution in [1.82, 2.24) is 0 Å². The molecule has 1 aromatic rings. The minimum absolute atomic E-state index is 0.254. The number of primary amides is 1. The first kappa shape index (κ1) is 12.5. The number of thiophene rings is 1. The van der Waals surface area contributed by atoms with Crippen molar-refractivity contribution in [3.63, 3.8) is 0 Å². The second-order valence-electron chi connectivity index (χ2n) is 2.99. The highest BCUT2D eigenvalue weighted by atomic mass is 32.1. The van der Waals surface area contributed by atoms with Crippen molar-refractivity contribution >= 4 is 28.2 Å². The number of hydrogen-bond acceptors (Lipinski definition) is 6. The van der Waals surface area contributed by atoms with Gasteiger partial charge in [0.25, 0.3) is 5.91 Å². The van der Waals surface area contributed by atoms with Gasteiger partial charge in [-0.25, -0.2) is 10.6 Å². The largest absolute Gasteiger partial charge is 0.462 e. The number of carbonyl (C=O) groups excluding carboxylic acids is 2. The van der Waals surface area contributed by atoms with E-state index in [2.05, 4.69) is 5.43 Å². The van der Waals surface area contributed by atoms with E-state index in [9.17, 15) is 9.59 Å². The molecule has 0 saturated carbocycles. The van der Waals surface area contributed by atoms with Crippen LogP contribution in [0.25, 0.3) is 0 Å². The maximum atomic E-state index is 11.6. The lowest BCUT2D eigenvalue weighted by Gasteiger charge is -2.03. The Bertz CT molecular complexity index is 428. The number of carbonyl (C=O) groups is 2. The lowest BCUT2D eigenvalue weighted by Crippen LogP contribution is -2.13. The van der Waals surface area contributed by atoms with E-state index in [4.69, 9.17) is 16.3 Å². The molecule has 1 amide bonds. The second-order valence-corrected chi connectivity index (χ2v) is 4.01. The third-order valence-corrected chi connectivity index (χ3v) is 3.22. The van der Waals surface area contributed by atoms with Crippen LogP contribution in [0.1, 0.15) is 32.5 Å². The molecule has 1 rings (SSSR count). The Morgan fingerprint density at radius 1 is 1.50 bits per heavy atom. The molecule has 0 unspecified atom stereocenters. The summed E-state index contributed by atoms with van der Waals surface area (Å²) >= 11 is 1.04. The fraction of sp³-hybridized carbons (Fsp3) is 0.333. The van der Waals surface area contributed by atoms with Gasteiger partial charge >= 0.3 is 5.97 Å². The van der Waals surface area contributed by atoms with Gasteiger partial charge in [0.15, 0.2) is 0 Å². The van der Waals surface area contributed by atoms with Crippen LogP contribution in [0.2, 0.25) is 0 Å². The van der Waals surface area contributed by atoms with E-state index in [1.165, 1.54) is 0 Å². The first-order valence-electron chi connectivity index (χ1n) is 4.59. The van der Waals surface area contributed by atoms with Crippen molar-refractivity contribution in [1.29, 1.82) is 0 Å². The number of nitrogens with two attached hydrogens (primary N) is 2. The molecule has 0 atom stereocenters. The summed E-state index contributed by atoms with van der Waals surface area (Å²) in [5, 5.41) is 0.379. The van der Waals surface area contributed by atoms with Crippen LogP contribution in [0, 0.1) is 6.92 Å². The quantitative estimate of drug-likeness (QED) is 0.408. The Kier molecular flexibility index (Phi) is 3.86. The summed E-state index contributed by atoms with van der Waals surface area (Å²) in [5.41, 5.74) is 8.29. The molecule has 5 N–H and O–H groups in total. The van der Waals surface area contributed by atoms with Gasteiger partial charge in [-0.05, 0) is 19.4 Å². The fourth-order valence-electron chi connectivity index (χ4n) is 1.30. The number of ether oxygens (including phenoxy) is 1. The number of anilines is 1. The molecule has 0 aliphatic heterocycles. The molecule has 0 radical (unpaired) electrons. The van der Waals surface area contributed by atoms with Crippen molar-refractivity contribution in [2.75, 3.05) is 12.0 Å². The molecule has 0 aromatic carbocycles. The predicted molar refractivity (Wildman–Crippen MR) is 61.3 cm³/mol. The zero-order valence-corrected chi connectivity index (χ0v) is 9.81. The van der Waals surface area contributed by atoms with Crippen molar-refractivity contribution < 1.29 is 14.3 Å². The molecule has 0 spiro atoms. The van der Waals surface area contributed by atoms with Crippen LogP contribution < -0.4 is 17.0 Å². The number of nitrogens with one attached hydrogen (secondary N) is 1. The van der Waals surface area contributed by atoms with E-state index in [-0.39, 0.29) is 12.2 Å². The van der Waals surface area contributed by atoms with Crippen molar-refractivity contribution in [2.24, 2.45) is 11.6 Å². The minimum atomic E-state index is -0.588. The number of nitrogen functional groups attached to an aromatic ring is 1. The number of esters is 1. The van der Waals surface area contributed by atoms with Crippen molar-refractivity contribution in [3.8, 4) is 0 Å². The van der Waals surface area contributed by atoms with Gasteiger partial charge < -0.3 is 15.9 Å². The molecular weight excluding hydrogens is 230 g/mol. The Morgan fingerprint density at radius 3 is 2.56 bits per heavy atom. The highest BCUT2D eigenvalue weighted by molar-refractivity contribution is 7.18. The molecule has 1 heterocycles. The second kappa shape index (κ2) is 4.95. The van der Waals surface area contributed by atoms with Crippen LogP contribution in [-0.4, -0.2) is 18.5 Å². The smallest absolute Gasteiger partial charge is 0.341 e. The summed E-state index contributed by atoms with van der Waals surface area (Å²) in [7, 11) is 0. The van der Waals surface area contributed by atoms with Crippen LogP contribution in [0.3, 0.4) is 0 Å². The molecule has 0 bridgehead atoms. The Balaban J connectivity index is 3.25. The normalized spacial score (nSPS) is 9.94. The summed E-state index contributed by atoms with van der Waals surface area (Å²) in [6.07, 6.45) is 0. The molecule has 1 aromatic heterocycles. The van der Waals surface area contributed by atoms with Gasteiger partial charge in [-0.1, -0.05) is 0 Å². The van der Waals surface area contributed by atoms with Crippen LogP contribution in [-0.2, 0) is 4.74 Å². The highest BCUT2D eigenvalue weighted by Crippen LogP contribution is 2.32. The fourth-order valence-corrected chi connectivity index (χ4v) is 2.26. The summed E-state index contributed by atoms with van der Waals surface area (Å²) in [4.78, 5) is 23.0. The predicted octanol–water partition coefficient (Wildman–Crippen LogP) is 0.618. The molecule has 88 valence electrons. The standard InChI is InChI=1S/C9H13N3O3S/c1-3-15-9(14)5-4(2)6(7(10)13)16-8(5)12-11/h12H,3,11H2,1-2H3,(H2,10,13). The third kappa shape index (κ3) is 2.15. The molecule has 0 fully saturated rings. The lowest BCUT2D eigenvalue weighted by molar-refractivity contribution is 0.0527. The Hall–Kier alpha value is -1.60. The van der Waals surface area contributed by atoms with Gasteiger partial charge in [-0.2, -0.15) is 0 Å². The van der Waals surface area contributed by atoms with E-state index < -0.39 is 11.9 Å². The number of rotatable bonds is 4. The van der Waals surface area contributed by atoms with Crippen LogP contribution >= 0.6 is 11.3 Å². The van der Waals surface area contributed by atoms with Crippen LogP contribution in [0.15, 0.2) is 0 Å². The average Bonchev–Trinajstić information content (AvgIpc) is 2.55. The van der Waals surface area contributed by atoms with Gasteiger partial charge in [0.1, 0.15) is 5.00 Å². The van der Waals surface area contributed by atoms with Gasteiger partial charge in [0.2, 0.25) is 0 Å². The molecule has 0 saturated heterocycles. The first-order valence-corrected chi connectivity index (χ1v) is 5.41. The summed E-state index contributed by atoms with van der Waals surface area (Å²) in [6, 6.07) is 0. The molecular formula is C9H13N3O3S. The Labute approximate surface area is 96.5 Å². The molecule has 6 nitrogen and oxygen atoms in total. The highest BCUT2D eigenvalue weighted by Gasteiger charge is 2.23. The lowest BCUT2D eigenvalue weighted by atomic mass is 10.1. The van der Waals surface area contributed by atoms with Gasteiger partial charge in [0.05, 0.1) is 17.0 Å². The SMILES string of the molecule is CCOC(=O)c1c(NN)sc(C(N)=O)c1C. The molecule has 16 heavy (non-hydrogen) atoms. The maximum absolute atomic E-state index is 11.6. The summed E-state index contributed by atoms with van der Waals surface area (Å²) < 4.78 is 4.86. The number of amides is 1. The number of hydrazine groups is 1. The molecule has 0 aliphatic rings. The van der Waals surface area contributed by atoms with E-state index in [1.54, 1.807) is 13.8 Å². The van der Waals surface area contributed by atoms with Crippen LogP contribution in [0.4, 0.5) is 5.00 Å². The first-order chi connectivity index (χ1) is 7.52. The number of hydrogen-bond donors (Lipinski definition) is 3. The Morgan fingerprint density at radius 2 is 2.12 bits per heavy atom. The zero-order valence-electron chi connectivity index (χ0n) is 8.99. The third-order valence-electron chi connectivity index (χ3n) is 1.98. The summed E-state index contributed by atoms with van der Waals surface area (Å²) in [6.45, 7) is 3.58. The monoisotopic (exact) mass is 243 g/mol. The van der Waals surface area contributed by atoms with E-state index in [0.717, 1.165) is 11.3 Å². The molecule has 7 heteroatoms. The summed E-state index contributed by atoms with van der Waals surface area (Å²) in [5.74, 6) is 4.16. The van der Waals surface area contributed by atoms with Gasteiger partial charge in [0, 0.05) is 0 Å². The van der Waals surface area contributed by atoms with Crippen LogP contribution in [0.5, 0.6) is 0 Å². The topological polar surface area (TPSA) is 107 Å². The average molecular weight is 243 g/mol. The van der Waals surface area contributed by atoms with Gasteiger partial charge in [-0.15, -0.1) is 11.3 Å². The zero-order chi connectivity index (χ0) is 12.3. The van der Waals surface area contributed by atoms with E-state index in [0.29, 0.717) is 15.4 Å². The molecule has 0 aliphatic carbocycles. The van der Waals surface area contributed by atoms with Crippen molar-refractivity contribution in [2.45, 2.75) is 13.8 Å². The maximum Gasteiger partial charge on any atom is 0.341 e. The van der Waals surface area contributed by atoms with Gasteiger partial charge in [-0.3, -0.25) is 4.79 Å².